The van der Waals surface area contributed by atoms with E-state index in [-0.39, 0.29) is 0 Å². The Hall–Kier alpha value is -0.120. The van der Waals surface area contributed by atoms with Gasteiger partial charge in [0.2, 0.25) is 0 Å². The molecule has 0 saturated carbocycles. The van der Waals surface area contributed by atoms with Gasteiger partial charge in [0.1, 0.15) is 0 Å². The predicted octanol–water partition coefficient (Wildman–Crippen LogP) is 1.65. The first-order valence-electron chi connectivity index (χ1n) is 7.63. The Kier molecular flexibility index (Phi) is 4.68. The van der Waals surface area contributed by atoms with Crippen molar-refractivity contribution in [2.75, 3.05) is 46.8 Å². The van der Waals surface area contributed by atoms with Gasteiger partial charge in [0, 0.05) is 19.1 Å². The highest BCUT2D eigenvalue weighted by Crippen LogP contribution is 2.35. The number of hydrogen-bond acceptors (Lipinski definition) is 3. The summed E-state index contributed by atoms with van der Waals surface area (Å²) in [5.41, 5.74) is 0.533. The Bertz CT molecular complexity index is 248. The minimum absolute atomic E-state index is 0.533. The zero-order chi connectivity index (χ0) is 13.2. The number of nitrogens with zero attached hydrogens (tertiary/aromatic N) is 2. The highest BCUT2D eigenvalue weighted by molar-refractivity contribution is 4.93. The van der Waals surface area contributed by atoms with Crippen molar-refractivity contribution < 1.29 is 0 Å². The van der Waals surface area contributed by atoms with Crippen LogP contribution < -0.4 is 5.32 Å². The van der Waals surface area contributed by atoms with Gasteiger partial charge in [0.15, 0.2) is 0 Å². The van der Waals surface area contributed by atoms with E-state index in [0.717, 1.165) is 12.0 Å². The Morgan fingerprint density at radius 1 is 1.28 bits per heavy atom. The molecular formula is C15H31N3. The molecule has 2 aliphatic rings. The minimum Gasteiger partial charge on any atom is -0.316 e. The lowest BCUT2D eigenvalue weighted by atomic mass is 9.75. The van der Waals surface area contributed by atoms with E-state index in [1.165, 1.54) is 52.0 Å². The largest absolute Gasteiger partial charge is 0.316 e. The Morgan fingerprint density at radius 3 is 2.39 bits per heavy atom. The second-order valence-corrected chi connectivity index (χ2v) is 6.91. The van der Waals surface area contributed by atoms with Crippen LogP contribution in [0.1, 0.15) is 33.1 Å². The molecule has 3 nitrogen and oxygen atoms in total. The molecule has 0 aromatic heterocycles. The van der Waals surface area contributed by atoms with Crippen molar-refractivity contribution >= 4 is 0 Å². The van der Waals surface area contributed by atoms with Gasteiger partial charge in [0.25, 0.3) is 0 Å². The SMILES string of the molecule is CC(C)C1(CN2CCC(N(C)C)CC2)CCNC1. The highest BCUT2D eigenvalue weighted by atomic mass is 15.2. The van der Waals surface area contributed by atoms with Crippen molar-refractivity contribution in [3.05, 3.63) is 0 Å². The van der Waals surface area contributed by atoms with Crippen LogP contribution in [0.2, 0.25) is 0 Å². The van der Waals surface area contributed by atoms with Crippen molar-refractivity contribution in [2.24, 2.45) is 11.3 Å². The average Bonchev–Trinajstić information content (AvgIpc) is 2.79. The van der Waals surface area contributed by atoms with Crippen LogP contribution in [-0.2, 0) is 0 Å². The molecule has 106 valence electrons. The molecule has 0 radical (unpaired) electrons. The van der Waals surface area contributed by atoms with Crippen LogP contribution in [0, 0.1) is 11.3 Å². The fourth-order valence-electron chi connectivity index (χ4n) is 3.61. The number of likely N-dealkylation sites (tertiary alicyclic amines) is 1. The minimum atomic E-state index is 0.533. The number of piperidine rings is 1. The second kappa shape index (κ2) is 5.89. The predicted molar refractivity (Wildman–Crippen MR) is 77.9 cm³/mol. The van der Waals surface area contributed by atoms with Crippen LogP contribution in [0.3, 0.4) is 0 Å². The number of rotatable bonds is 4. The summed E-state index contributed by atoms with van der Waals surface area (Å²) in [7, 11) is 4.44. The molecule has 1 atom stereocenters. The molecule has 2 fully saturated rings. The van der Waals surface area contributed by atoms with Gasteiger partial charge in [-0.1, -0.05) is 13.8 Å². The summed E-state index contributed by atoms with van der Waals surface area (Å²) in [6, 6.07) is 0.804. The first kappa shape index (κ1) is 14.3. The third-order valence-electron chi connectivity index (χ3n) is 5.33. The molecule has 2 saturated heterocycles. The molecule has 18 heavy (non-hydrogen) atoms. The maximum atomic E-state index is 3.58. The monoisotopic (exact) mass is 253 g/mol. The van der Waals surface area contributed by atoms with Crippen LogP contribution >= 0.6 is 0 Å². The Morgan fingerprint density at radius 2 is 1.94 bits per heavy atom. The average molecular weight is 253 g/mol. The van der Waals surface area contributed by atoms with Crippen LogP contribution in [0.5, 0.6) is 0 Å². The zero-order valence-corrected chi connectivity index (χ0v) is 12.7. The third kappa shape index (κ3) is 3.06. The van der Waals surface area contributed by atoms with Gasteiger partial charge in [0.05, 0.1) is 0 Å². The van der Waals surface area contributed by atoms with Gasteiger partial charge in [-0.2, -0.15) is 0 Å². The summed E-state index contributed by atoms with van der Waals surface area (Å²) in [5.74, 6) is 0.791. The summed E-state index contributed by atoms with van der Waals surface area (Å²) >= 11 is 0. The van der Waals surface area contributed by atoms with Crippen molar-refractivity contribution in [3.8, 4) is 0 Å². The van der Waals surface area contributed by atoms with Crippen LogP contribution in [0.25, 0.3) is 0 Å². The molecule has 2 aliphatic heterocycles. The van der Waals surface area contributed by atoms with Crippen LogP contribution in [0.4, 0.5) is 0 Å². The topological polar surface area (TPSA) is 18.5 Å². The van der Waals surface area contributed by atoms with Crippen molar-refractivity contribution in [2.45, 2.75) is 39.2 Å². The first-order valence-corrected chi connectivity index (χ1v) is 7.63. The second-order valence-electron chi connectivity index (χ2n) is 6.91. The maximum Gasteiger partial charge on any atom is 0.0113 e. The molecule has 0 spiro atoms. The molecule has 0 aliphatic carbocycles. The summed E-state index contributed by atoms with van der Waals surface area (Å²) in [5, 5.41) is 3.58. The molecule has 0 amide bonds. The van der Waals surface area contributed by atoms with Gasteiger partial charge < -0.3 is 15.1 Å². The lowest BCUT2D eigenvalue weighted by molar-refractivity contribution is 0.0775. The van der Waals surface area contributed by atoms with E-state index in [1.807, 2.05) is 0 Å². The van der Waals surface area contributed by atoms with E-state index in [9.17, 15) is 0 Å². The standard InChI is InChI=1S/C15H31N3/c1-13(2)15(7-8-16-11-15)12-18-9-5-14(6-10-18)17(3)4/h13-14,16H,5-12H2,1-4H3. The summed E-state index contributed by atoms with van der Waals surface area (Å²) in [4.78, 5) is 5.11. The summed E-state index contributed by atoms with van der Waals surface area (Å²) < 4.78 is 0. The molecule has 0 aromatic rings. The Labute approximate surface area is 113 Å². The van der Waals surface area contributed by atoms with Crippen molar-refractivity contribution in [3.63, 3.8) is 0 Å². The van der Waals surface area contributed by atoms with Gasteiger partial charge in [-0.15, -0.1) is 0 Å². The lowest BCUT2D eigenvalue weighted by Crippen LogP contribution is -2.48. The smallest absolute Gasteiger partial charge is 0.0113 e. The first-order chi connectivity index (χ1) is 8.53. The molecule has 2 rings (SSSR count). The van der Waals surface area contributed by atoms with Crippen LogP contribution in [0.15, 0.2) is 0 Å². The summed E-state index contributed by atoms with van der Waals surface area (Å²) in [6.45, 7) is 11.1. The molecule has 0 bridgehead atoms. The molecule has 1 N–H and O–H groups in total. The normalized spacial score (nSPS) is 31.7. The van der Waals surface area contributed by atoms with E-state index in [4.69, 9.17) is 0 Å². The molecule has 1 unspecified atom stereocenters. The van der Waals surface area contributed by atoms with Crippen LogP contribution in [-0.4, -0.2) is 62.7 Å². The fraction of sp³-hybridized carbons (Fsp3) is 1.00. The van der Waals surface area contributed by atoms with E-state index in [0.29, 0.717) is 5.41 Å². The van der Waals surface area contributed by atoms with Gasteiger partial charge in [-0.25, -0.2) is 0 Å². The lowest BCUT2D eigenvalue weighted by Gasteiger charge is -2.42. The van der Waals surface area contributed by atoms with Crippen molar-refractivity contribution in [1.29, 1.82) is 0 Å². The van der Waals surface area contributed by atoms with Gasteiger partial charge >= 0.3 is 0 Å². The third-order valence-corrected chi connectivity index (χ3v) is 5.33. The van der Waals surface area contributed by atoms with E-state index in [2.05, 4.69) is 43.1 Å². The quantitative estimate of drug-likeness (QED) is 0.822. The molecular weight excluding hydrogens is 222 g/mol. The van der Waals surface area contributed by atoms with Gasteiger partial charge in [-0.3, -0.25) is 0 Å². The maximum absolute atomic E-state index is 3.58. The van der Waals surface area contributed by atoms with Gasteiger partial charge in [-0.05, 0) is 64.3 Å². The molecule has 3 heteroatoms. The molecule has 0 aromatic carbocycles. The highest BCUT2D eigenvalue weighted by Gasteiger charge is 2.38. The van der Waals surface area contributed by atoms with Crippen molar-refractivity contribution in [1.82, 2.24) is 15.1 Å². The number of hydrogen-bond donors (Lipinski definition) is 1. The zero-order valence-electron chi connectivity index (χ0n) is 12.7. The van der Waals surface area contributed by atoms with E-state index >= 15 is 0 Å². The Balaban J connectivity index is 1.86. The van der Waals surface area contributed by atoms with E-state index < -0.39 is 0 Å². The van der Waals surface area contributed by atoms with E-state index in [1.54, 1.807) is 0 Å². The fourth-order valence-corrected chi connectivity index (χ4v) is 3.61. The molecule has 2 heterocycles. The summed E-state index contributed by atoms with van der Waals surface area (Å²) in [6.07, 6.45) is 4.04. The number of nitrogens with one attached hydrogen (secondary N) is 1.